The molecule has 3 heteroatoms. The second kappa shape index (κ2) is 6.40. The highest BCUT2D eigenvalue weighted by Gasteiger charge is 2.22. The van der Waals surface area contributed by atoms with Crippen LogP contribution in [0.4, 0.5) is 0 Å². The van der Waals surface area contributed by atoms with Crippen LogP contribution >= 0.6 is 0 Å². The number of methoxy groups -OCH3 is 1. The van der Waals surface area contributed by atoms with Crippen molar-refractivity contribution < 1.29 is 4.74 Å². The van der Waals surface area contributed by atoms with Gasteiger partial charge in [0.15, 0.2) is 0 Å². The van der Waals surface area contributed by atoms with Crippen molar-refractivity contribution in [2.45, 2.75) is 38.6 Å². The first-order valence-corrected chi connectivity index (χ1v) is 7.27. The molecule has 2 rings (SSSR count). The Hall–Kier alpha value is -1.06. The van der Waals surface area contributed by atoms with E-state index in [9.17, 15) is 0 Å². The van der Waals surface area contributed by atoms with E-state index in [1.54, 1.807) is 7.11 Å². The van der Waals surface area contributed by atoms with Crippen molar-refractivity contribution in [1.29, 1.82) is 0 Å². The molecule has 0 radical (unpaired) electrons. The summed E-state index contributed by atoms with van der Waals surface area (Å²) in [5.41, 5.74) is 8.96. The largest absolute Gasteiger partial charge is 0.496 e. The molecule has 106 valence electrons. The fourth-order valence-corrected chi connectivity index (χ4v) is 2.89. The maximum atomic E-state index is 6.46. The van der Waals surface area contributed by atoms with Crippen molar-refractivity contribution in [2.75, 3.05) is 20.2 Å². The molecule has 1 unspecified atom stereocenters. The first kappa shape index (κ1) is 14.4. The Kier molecular flexibility index (Phi) is 4.83. The fraction of sp³-hybridized carbons (Fsp3) is 0.625. The summed E-state index contributed by atoms with van der Waals surface area (Å²) in [4.78, 5) is 0. The average molecular weight is 262 g/mol. The number of benzene rings is 1. The lowest BCUT2D eigenvalue weighted by Crippen LogP contribution is -2.33. The minimum atomic E-state index is 0.144. The van der Waals surface area contributed by atoms with Crippen LogP contribution in [0.5, 0.6) is 5.75 Å². The molecule has 1 saturated heterocycles. The molecule has 1 aromatic rings. The van der Waals surface area contributed by atoms with Crippen molar-refractivity contribution in [2.24, 2.45) is 11.7 Å². The Morgan fingerprint density at radius 2 is 1.95 bits per heavy atom. The van der Waals surface area contributed by atoms with Crippen molar-refractivity contribution in [3.8, 4) is 5.75 Å². The van der Waals surface area contributed by atoms with E-state index in [0.29, 0.717) is 11.8 Å². The van der Waals surface area contributed by atoms with Gasteiger partial charge >= 0.3 is 0 Å². The third kappa shape index (κ3) is 3.28. The van der Waals surface area contributed by atoms with E-state index in [1.807, 2.05) is 0 Å². The van der Waals surface area contributed by atoms with E-state index < -0.39 is 0 Å². The van der Waals surface area contributed by atoms with E-state index in [4.69, 9.17) is 10.5 Å². The molecule has 0 aliphatic carbocycles. The summed E-state index contributed by atoms with van der Waals surface area (Å²) in [7, 11) is 1.73. The van der Waals surface area contributed by atoms with E-state index >= 15 is 0 Å². The van der Waals surface area contributed by atoms with Crippen LogP contribution < -0.4 is 15.8 Å². The number of rotatable bonds is 4. The molecule has 3 nitrogen and oxygen atoms in total. The number of hydrogen-bond donors (Lipinski definition) is 2. The van der Waals surface area contributed by atoms with Crippen LogP contribution in [-0.4, -0.2) is 20.2 Å². The lowest BCUT2D eigenvalue weighted by Gasteiger charge is -2.29. The smallest absolute Gasteiger partial charge is 0.122 e. The molecule has 1 aliphatic rings. The summed E-state index contributed by atoms with van der Waals surface area (Å²) in [6.07, 6.45) is 2.34. The Morgan fingerprint density at radius 1 is 1.26 bits per heavy atom. The number of nitrogens with one attached hydrogen (secondary N) is 1. The van der Waals surface area contributed by atoms with Crippen molar-refractivity contribution in [1.82, 2.24) is 5.32 Å². The van der Waals surface area contributed by atoms with Crippen molar-refractivity contribution in [3.05, 3.63) is 29.3 Å². The zero-order valence-electron chi connectivity index (χ0n) is 12.3. The minimum Gasteiger partial charge on any atom is -0.496 e. The first-order valence-electron chi connectivity index (χ1n) is 7.27. The van der Waals surface area contributed by atoms with E-state index in [0.717, 1.165) is 18.8 Å². The van der Waals surface area contributed by atoms with Gasteiger partial charge in [0.2, 0.25) is 0 Å². The predicted octanol–water partition coefficient (Wildman–Crippen LogP) is 2.82. The first-order chi connectivity index (χ1) is 9.13. The van der Waals surface area contributed by atoms with Crippen LogP contribution in [0, 0.1) is 5.92 Å². The average Bonchev–Trinajstić information content (AvgIpc) is 2.46. The summed E-state index contributed by atoms with van der Waals surface area (Å²) in [6, 6.07) is 6.56. The monoisotopic (exact) mass is 262 g/mol. The van der Waals surface area contributed by atoms with Gasteiger partial charge in [-0.15, -0.1) is 0 Å². The molecule has 1 aromatic carbocycles. The number of ether oxygens (including phenoxy) is 1. The molecule has 0 spiro atoms. The van der Waals surface area contributed by atoms with Gasteiger partial charge in [-0.2, -0.15) is 0 Å². The second-order valence-electron chi connectivity index (χ2n) is 5.77. The number of hydrogen-bond acceptors (Lipinski definition) is 3. The molecule has 1 aliphatic heterocycles. The van der Waals surface area contributed by atoms with Gasteiger partial charge in [-0.1, -0.05) is 26.0 Å². The van der Waals surface area contributed by atoms with E-state index in [-0.39, 0.29) is 6.04 Å². The van der Waals surface area contributed by atoms with Gasteiger partial charge in [-0.3, -0.25) is 0 Å². The molecule has 0 amide bonds. The molecule has 3 N–H and O–H groups in total. The van der Waals surface area contributed by atoms with Crippen LogP contribution in [0.25, 0.3) is 0 Å². The molecule has 1 fully saturated rings. The van der Waals surface area contributed by atoms with Gasteiger partial charge in [-0.05, 0) is 55.0 Å². The van der Waals surface area contributed by atoms with E-state index in [2.05, 4.69) is 37.4 Å². The van der Waals surface area contributed by atoms with Gasteiger partial charge in [0.1, 0.15) is 5.75 Å². The van der Waals surface area contributed by atoms with Gasteiger partial charge in [0.05, 0.1) is 7.11 Å². The maximum absolute atomic E-state index is 6.46. The third-order valence-electron chi connectivity index (χ3n) is 4.15. The maximum Gasteiger partial charge on any atom is 0.122 e. The molecule has 19 heavy (non-hydrogen) atoms. The van der Waals surface area contributed by atoms with Crippen LogP contribution in [0.1, 0.15) is 49.8 Å². The zero-order chi connectivity index (χ0) is 13.8. The summed E-state index contributed by atoms with van der Waals surface area (Å²) < 4.78 is 5.44. The minimum absolute atomic E-state index is 0.144. The van der Waals surface area contributed by atoms with Crippen LogP contribution in [0.2, 0.25) is 0 Å². The van der Waals surface area contributed by atoms with Crippen LogP contribution in [0.15, 0.2) is 18.2 Å². The van der Waals surface area contributed by atoms with Gasteiger partial charge in [-0.25, -0.2) is 0 Å². The number of piperidine rings is 1. The lowest BCUT2D eigenvalue weighted by atomic mass is 9.85. The highest BCUT2D eigenvalue weighted by atomic mass is 16.5. The summed E-state index contributed by atoms with van der Waals surface area (Å²) in [5, 5.41) is 3.39. The molecule has 0 aromatic heterocycles. The highest BCUT2D eigenvalue weighted by molar-refractivity contribution is 5.40. The molecule has 1 heterocycles. The summed E-state index contributed by atoms with van der Waals surface area (Å²) in [6.45, 7) is 6.56. The number of nitrogens with two attached hydrogens (primary N) is 1. The highest BCUT2D eigenvalue weighted by Crippen LogP contribution is 2.32. The Morgan fingerprint density at radius 3 is 2.53 bits per heavy atom. The standard InChI is InChI=1S/C16H26N2O/c1-11(2)14-10-13(4-5-15(14)19-3)16(17)12-6-8-18-9-7-12/h4-5,10-12,16,18H,6-9,17H2,1-3H3. The normalized spacial score (nSPS) is 18.6. The van der Waals surface area contributed by atoms with Gasteiger partial charge < -0.3 is 15.8 Å². The quantitative estimate of drug-likeness (QED) is 0.877. The molecule has 1 atom stereocenters. The predicted molar refractivity (Wildman–Crippen MR) is 79.6 cm³/mol. The molecular weight excluding hydrogens is 236 g/mol. The lowest BCUT2D eigenvalue weighted by molar-refractivity contribution is 0.321. The van der Waals surface area contributed by atoms with Gasteiger partial charge in [0.25, 0.3) is 0 Å². The van der Waals surface area contributed by atoms with Gasteiger partial charge in [0, 0.05) is 6.04 Å². The SMILES string of the molecule is COc1ccc(C(N)C2CCNCC2)cc1C(C)C. The second-order valence-corrected chi connectivity index (χ2v) is 5.77. The zero-order valence-corrected chi connectivity index (χ0v) is 12.3. The third-order valence-corrected chi connectivity index (χ3v) is 4.15. The van der Waals surface area contributed by atoms with Crippen molar-refractivity contribution in [3.63, 3.8) is 0 Å². The Bertz CT molecular complexity index is 411. The van der Waals surface area contributed by atoms with Crippen LogP contribution in [0.3, 0.4) is 0 Å². The Balaban J connectivity index is 2.21. The molecule has 0 saturated carbocycles. The Labute approximate surface area is 116 Å². The topological polar surface area (TPSA) is 47.3 Å². The van der Waals surface area contributed by atoms with Crippen LogP contribution in [-0.2, 0) is 0 Å². The summed E-state index contributed by atoms with van der Waals surface area (Å²) >= 11 is 0. The van der Waals surface area contributed by atoms with Crippen molar-refractivity contribution >= 4 is 0 Å². The fourth-order valence-electron chi connectivity index (χ4n) is 2.89. The molecule has 0 bridgehead atoms. The molecular formula is C16H26N2O. The summed E-state index contributed by atoms with van der Waals surface area (Å²) in [5.74, 6) is 2.01. The van der Waals surface area contributed by atoms with E-state index in [1.165, 1.54) is 24.0 Å².